The number of carbonyl (C=O) groups excluding carboxylic acids is 1. The largest absolute Gasteiger partial charge is 0.441 e. The number of oxazole rings is 1. The van der Waals surface area contributed by atoms with Gasteiger partial charge >= 0.3 is 0 Å². The number of amides is 1. The molecular weight excluding hydrogens is 258 g/mol. The SMILES string of the molecule is Cc1nc2cc(NC(=O)c3c(C)noc3C)ccc2o1. The van der Waals surface area contributed by atoms with Crippen LogP contribution in [0.4, 0.5) is 5.69 Å². The zero-order valence-corrected chi connectivity index (χ0v) is 11.4. The number of benzene rings is 1. The molecule has 3 rings (SSSR count). The Hall–Kier alpha value is -2.63. The monoisotopic (exact) mass is 271 g/mol. The Bertz CT molecular complexity index is 782. The van der Waals surface area contributed by atoms with E-state index in [2.05, 4.69) is 15.5 Å². The van der Waals surface area contributed by atoms with Gasteiger partial charge in [-0.3, -0.25) is 4.79 Å². The van der Waals surface area contributed by atoms with Gasteiger partial charge in [0.25, 0.3) is 5.91 Å². The number of aromatic nitrogens is 2. The third kappa shape index (κ3) is 2.05. The van der Waals surface area contributed by atoms with Crippen LogP contribution in [0.3, 0.4) is 0 Å². The Morgan fingerprint density at radius 1 is 1.25 bits per heavy atom. The summed E-state index contributed by atoms with van der Waals surface area (Å²) < 4.78 is 10.4. The van der Waals surface area contributed by atoms with Gasteiger partial charge in [-0.2, -0.15) is 0 Å². The normalized spacial score (nSPS) is 10.9. The quantitative estimate of drug-likeness (QED) is 0.774. The van der Waals surface area contributed by atoms with Crippen LogP contribution in [0.25, 0.3) is 11.1 Å². The predicted octanol–water partition coefficient (Wildman–Crippen LogP) is 2.99. The molecule has 0 bridgehead atoms. The summed E-state index contributed by atoms with van der Waals surface area (Å²) in [6, 6.07) is 5.31. The standard InChI is InChI=1S/C14H13N3O3/c1-7-13(8(2)20-17-7)14(18)16-10-4-5-12-11(6-10)15-9(3)19-12/h4-6H,1-3H3,(H,16,18). The van der Waals surface area contributed by atoms with E-state index in [1.54, 1.807) is 39.0 Å². The molecule has 102 valence electrons. The lowest BCUT2D eigenvalue weighted by molar-refractivity contribution is 0.102. The van der Waals surface area contributed by atoms with Gasteiger partial charge in [0, 0.05) is 12.6 Å². The zero-order chi connectivity index (χ0) is 14.3. The first-order chi connectivity index (χ1) is 9.54. The fraction of sp³-hybridized carbons (Fsp3) is 0.214. The Morgan fingerprint density at radius 2 is 2.05 bits per heavy atom. The van der Waals surface area contributed by atoms with Crippen molar-refractivity contribution in [2.75, 3.05) is 5.32 Å². The second kappa shape index (κ2) is 4.48. The van der Waals surface area contributed by atoms with Gasteiger partial charge < -0.3 is 14.3 Å². The topological polar surface area (TPSA) is 81.2 Å². The molecule has 0 aliphatic rings. The molecule has 2 aromatic heterocycles. The van der Waals surface area contributed by atoms with Gasteiger partial charge in [-0.05, 0) is 32.0 Å². The van der Waals surface area contributed by atoms with Crippen LogP contribution in [0.2, 0.25) is 0 Å². The molecule has 6 nitrogen and oxygen atoms in total. The smallest absolute Gasteiger partial charge is 0.261 e. The van der Waals surface area contributed by atoms with Gasteiger partial charge in [-0.25, -0.2) is 4.98 Å². The summed E-state index contributed by atoms with van der Waals surface area (Å²) in [5.41, 5.74) is 3.08. The van der Waals surface area contributed by atoms with Crippen LogP contribution >= 0.6 is 0 Å². The lowest BCUT2D eigenvalue weighted by Crippen LogP contribution is -2.13. The van der Waals surface area contributed by atoms with E-state index >= 15 is 0 Å². The minimum absolute atomic E-state index is 0.249. The number of rotatable bonds is 2. The summed E-state index contributed by atoms with van der Waals surface area (Å²) in [5, 5.41) is 6.58. The van der Waals surface area contributed by atoms with Gasteiger partial charge in [0.05, 0.1) is 5.69 Å². The highest BCUT2D eigenvalue weighted by Gasteiger charge is 2.17. The Morgan fingerprint density at radius 3 is 2.75 bits per heavy atom. The number of hydrogen-bond acceptors (Lipinski definition) is 5. The molecule has 0 aliphatic heterocycles. The Labute approximate surface area is 114 Å². The number of carbonyl (C=O) groups is 1. The maximum atomic E-state index is 12.2. The van der Waals surface area contributed by atoms with Crippen molar-refractivity contribution in [3.63, 3.8) is 0 Å². The highest BCUT2D eigenvalue weighted by Crippen LogP contribution is 2.21. The summed E-state index contributed by atoms with van der Waals surface area (Å²) in [7, 11) is 0. The van der Waals surface area contributed by atoms with Gasteiger partial charge in [0.2, 0.25) is 0 Å². The first kappa shape index (κ1) is 12.4. The van der Waals surface area contributed by atoms with E-state index in [0.717, 1.165) is 0 Å². The molecule has 0 atom stereocenters. The minimum atomic E-state index is -0.249. The highest BCUT2D eigenvalue weighted by atomic mass is 16.5. The van der Waals surface area contributed by atoms with Crippen LogP contribution < -0.4 is 5.32 Å². The third-order valence-corrected chi connectivity index (χ3v) is 3.01. The lowest BCUT2D eigenvalue weighted by atomic mass is 10.2. The van der Waals surface area contributed by atoms with E-state index in [4.69, 9.17) is 8.94 Å². The number of nitrogens with one attached hydrogen (secondary N) is 1. The molecule has 1 amide bonds. The van der Waals surface area contributed by atoms with Crippen molar-refractivity contribution in [1.29, 1.82) is 0 Å². The van der Waals surface area contributed by atoms with Crippen molar-refractivity contribution in [2.24, 2.45) is 0 Å². The summed E-state index contributed by atoms with van der Waals surface area (Å²) in [6.45, 7) is 5.22. The van der Waals surface area contributed by atoms with E-state index in [0.29, 0.717) is 39.7 Å². The average Bonchev–Trinajstić information content (AvgIpc) is 2.91. The van der Waals surface area contributed by atoms with E-state index in [1.165, 1.54) is 0 Å². The van der Waals surface area contributed by atoms with Crippen molar-refractivity contribution < 1.29 is 13.7 Å². The van der Waals surface area contributed by atoms with Crippen molar-refractivity contribution in [3.05, 3.63) is 41.1 Å². The van der Waals surface area contributed by atoms with Crippen molar-refractivity contribution in [2.45, 2.75) is 20.8 Å². The molecule has 2 heterocycles. The predicted molar refractivity (Wildman–Crippen MR) is 72.7 cm³/mol. The highest BCUT2D eigenvalue weighted by molar-refractivity contribution is 6.06. The molecule has 0 fully saturated rings. The van der Waals surface area contributed by atoms with Crippen molar-refractivity contribution in [3.8, 4) is 0 Å². The van der Waals surface area contributed by atoms with Crippen LogP contribution in [-0.4, -0.2) is 16.0 Å². The molecule has 0 spiro atoms. The lowest BCUT2D eigenvalue weighted by Gasteiger charge is -2.04. The van der Waals surface area contributed by atoms with Crippen molar-refractivity contribution >= 4 is 22.7 Å². The fourth-order valence-electron chi connectivity index (χ4n) is 2.12. The summed E-state index contributed by atoms with van der Waals surface area (Å²) >= 11 is 0. The molecule has 0 saturated heterocycles. The van der Waals surface area contributed by atoms with Crippen LogP contribution in [0, 0.1) is 20.8 Å². The van der Waals surface area contributed by atoms with Gasteiger partial charge in [0.15, 0.2) is 11.5 Å². The average molecular weight is 271 g/mol. The number of anilines is 1. The summed E-state index contributed by atoms with van der Waals surface area (Å²) in [4.78, 5) is 16.4. The maximum Gasteiger partial charge on any atom is 0.261 e. The van der Waals surface area contributed by atoms with Crippen LogP contribution in [-0.2, 0) is 0 Å². The van der Waals surface area contributed by atoms with E-state index in [-0.39, 0.29) is 5.91 Å². The molecular formula is C14H13N3O3. The molecule has 3 aromatic rings. The zero-order valence-electron chi connectivity index (χ0n) is 11.4. The van der Waals surface area contributed by atoms with E-state index < -0.39 is 0 Å². The second-order valence-electron chi connectivity index (χ2n) is 4.57. The molecule has 0 saturated carbocycles. The van der Waals surface area contributed by atoms with Crippen LogP contribution in [0.15, 0.2) is 27.1 Å². The molecule has 0 radical (unpaired) electrons. The number of aryl methyl sites for hydroxylation is 3. The number of fused-ring (bicyclic) bond motifs is 1. The first-order valence-electron chi connectivity index (χ1n) is 6.16. The van der Waals surface area contributed by atoms with E-state index in [1.807, 2.05) is 0 Å². The minimum Gasteiger partial charge on any atom is -0.441 e. The molecule has 6 heteroatoms. The molecule has 1 aromatic carbocycles. The fourth-order valence-corrected chi connectivity index (χ4v) is 2.12. The van der Waals surface area contributed by atoms with Crippen LogP contribution in [0.1, 0.15) is 27.7 Å². The molecule has 0 aliphatic carbocycles. The van der Waals surface area contributed by atoms with Crippen LogP contribution in [0.5, 0.6) is 0 Å². The Balaban J connectivity index is 1.91. The number of nitrogens with zero attached hydrogens (tertiary/aromatic N) is 2. The number of hydrogen-bond donors (Lipinski definition) is 1. The summed E-state index contributed by atoms with van der Waals surface area (Å²) in [6.07, 6.45) is 0. The second-order valence-corrected chi connectivity index (χ2v) is 4.57. The van der Waals surface area contributed by atoms with Gasteiger partial charge in [0.1, 0.15) is 16.8 Å². The first-order valence-corrected chi connectivity index (χ1v) is 6.16. The van der Waals surface area contributed by atoms with Crippen molar-refractivity contribution in [1.82, 2.24) is 10.1 Å². The van der Waals surface area contributed by atoms with Gasteiger partial charge in [-0.1, -0.05) is 5.16 Å². The molecule has 20 heavy (non-hydrogen) atoms. The van der Waals surface area contributed by atoms with Gasteiger partial charge in [-0.15, -0.1) is 0 Å². The molecule has 0 unspecified atom stereocenters. The Kier molecular flexibility index (Phi) is 2.78. The molecule has 1 N–H and O–H groups in total. The van der Waals surface area contributed by atoms with E-state index in [9.17, 15) is 4.79 Å². The summed E-state index contributed by atoms with van der Waals surface area (Å²) in [5.74, 6) is 0.841. The maximum absolute atomic E-state index is 12.2. The third-order valence-electron chi connectivity index (χ3n) is 3.01.